The lowest BCUT2D eigenvalue weighted by Crippen LogP contribution is -2.49. The number of piperazine rings is 1. The van der Waals surface area contributed by atoms with Crippen molar-refractivity contribution in [2.45, 2.75) is 24.9 Å². The fourth-order valence-electron chi connectivity index (χ4n) is 3.88. The van der Waals surface area contributed by atoms with Crippen molar-refractivity contribution in [2.24, 2.45) is 5.73 Å². The zero-order valence-electron chi connectivity index (χ0n) is 17.2. The van der Waals surface area contributed by atoms with Crippen LogP contribution in [0.25, 0.3) is 0 Å². The number of hydrogen-bond donors (Lipinski definition) is 3. The molecule has 2 aromatic carbocycles. The molecule has 0 radical (unpaired) electrons. The predicted molar refractivity (Wildman–Crippen MR) is 118 cm³/mol. The van der Waals surface area contributed by atoms with E-state index in [-0.39, 0.29) is 6.61 Å². The molecule has 2 aromatic rings. The van der Waals surface area contributed by atoms with Crippen molar-refractivity contribution in [3.63, 3.8) is 0 Å². The normalized spacial score (nSPS) is 18.1. The number of carbonyl (C=O) groups excluding carboxylic acids is 1. The number of carbonyl (C=O) groups is 1. The summed E-state index contributed by atoms with van der Waals surface area (Å²) in [6.45, 7) is 4.60. The molecule has 7 heteroatoms. The van der Waals surface area contributed by atoms with E-state index in [9.17, 15) is 9.90 Å². The van der Waals surface area contributed by atoms with Gasteiger partial charge in [-0.05, 0) is 60.7 Å². The van der Waals surface area contributed by atoms with E-state index in [4.69, 9.17) is 10.5 Å². The first-order valence-electron chi connectivity index (χ1n) is 10.6. The number of benzene rings is 2. The maximum Gasteiger partial charge on any atom is 0.316 e. The molecular weight excluding hydrogens is 380 g/mol. The molecule has 0 unspecified atom stereocenters. The Labute approximate surface area is 177 Å². The first-order valence-corrected chi connectivity index (χ1v) is 10.6. The Morgan fingerprint density at radius 1 is 1.07 bits per heavy atom. The minimum absolute atomic E-state index is 0.228. The van der Waals surface area contributed by atoms with Gasteiger partial charge in [-0.1, -0.05) is 12.1 Å². The van der Waals surface area contributed by atoms with Crippen LogP contribution in [0.1, 0.15) is 24.3 Å². The second kappa shape index (κ2) is 9.36. The van der Waals surface area contributed by atoms with E-state index >= 15 is 0 Å². The molecule has 2 amide bonds. The average Bonchev–Trinajstić information content (AvgIpc) is 3.59. The lowest BCUT2D eigenvalue weighted by atomic mass is 10.1. The van der Waals surface area contributed by atoms with Crippen LogP contribution in [-0.2, 0) is 0 Å². The van der Waals surface area contributed by atoms with Crippen LogP contribution in [0, 0.1) is 0 Å². The fraction of sp³-hybridized carbons (Fsp3) is 0.435. The van der Waals surface area contributed by atoms with Crippen molar-refractivity contribution >= 4 is 17.4 Å². The molecule has 1 saturated heterocycles. The number of amides is 2. The smallest absolute Gasteiger partial charge is 0.316 e. The maximum atomic E-state index is 10.8. The summed E-state index contributed by atoms with van der Waals surface area (Å²) in [6, 6.07) is 15.3. The zero-order valence-corrected chi connectivity index (χ0v) is 17.2. The molecule has 4 N–H and O–H groups in total. The van der Waals surface area contributed by atoms with Gasteiger partial charge in [0.1, 0.15) is 18.5 Å². The molecule has 2 fully saturated rings. The van der Waals surface area contributed by atoms with Gasteiger partial charge in [-0.15, -0.1) is 0 Å². The maximum absolute atomic E-state index is 10.8. The molecule has 160 valence electrons. The number of rotatable bonds is 8. The molecule has 7 nitrogen and oxygen atoms in total. The number of aliphatic hydroxyl groups is 1. The van der Waals surface area contributed by atoms with Gasteiger partial charge in [-0.3, -0.25) is 4.90 Å². The van der Waals surface area contributed by atoms with E-state index in [1.807, 2.05) is 0 Å². The summed E-state index contributed by atoms with van der Waals surface area (Å²) in [5, 5.41) is 12.9. The minimum atomic E-state index is -0.602. The first kappa shape index (κ1) is 20.5. The Morgan fingerprint density at radius 3 is 2.33 bits per heavy atom. The highest BCUT2D eigenvalue weighted by Gasteiger charge is 2.24. The summed E-state index contributed by atoms with van der Waals surface area (Å²) in [5.41, 5.74) is 8.46. The van der Waals surface area contributed by atoms with Crippen LogP contribution >= 0.6 is 0 Å². The van der Waals surface area contributed by atoms with Crippen molar-refractivity contribution in [3.8, 4) is 5.75 Å². The standard InChI is InChI=1S/C23H30N4O3/c24-23(29)25-19-5-9-22(10-6-19)30-16-21(28)15-26-11-13-27(14-12-26)20-7-3-18(4-8-20)17-1-2-17/h3-10,17,21,28H,1-2,11-16H2,(H3,24,25,29)/t21-/m0/s1. The summed E-state index contributed by atoms with van der Waals surface area (Å²) < 4.78 is 5.66. The minimum Gasteiger partial charge on any atom is -0.491 e. The van der Waals surface area contributed by atoms with Gasteiger partial charge in [0.05, 0.1) is 0 Å². The van der Waals surface area contributed by atoms with E-state index in [1.165, 1.54) is 24.1 Å². The van der Waals surface area contributed by atoms with Crippen molar-refractivity contribution in [3.05, 3.63) is 54.1 Å². The van der Waals surface area contributed by atoms with E-state index < -0.39 is 12.1 Å². The Bertz CT molecular complexity index is 829. The zero-order chi connectivity index (χ0) is 20.9. The third kappa shape index (κ3) is 5.64. The number of nitrogens with zero attached hydrogens (tertiary/aromatic N) is 2. The molecular formula is C23H30N4O3. The lowest BCUT2D eigenvalue weighted by Gasteiger charge is -2.37. The van der Waals surface area contributed by atoms with Gasteiger partial charge in [0, 0.05) is 44.1 Å². The van der Waals surface area contributed by atoms with Crippen LogP contribution in [0.5, 0.6) is 5.75 Å². The number of aliphatic hydroxyl groups excluding tert-OH is 1. The molecule has 4 rings (SSSR count). The average molecular weight is 411 g/mol. The second-order valence-corrected chi connectivity index (χ2v) is 8.13. The molecule has 1 aliphatic heterocycles. The van der Waals surface area contributed by atoms with E-state index in [1.54, 1.807) is 24.3 Å². The first-order chi connectivity index (χ1) is 14.6. The van der Waals surface area contributed by atoms with Crippen LogP contribution in [0.4, 0.5) is 16.2 Å². The Morgan fingerprint density at radius 2 is 1.73 bits per heavy atom. The number of β-amino-alcohol motifs (C(OH)–C–C–N with tert-alkyl or cyclic N) is 1. The summed E-state index contributed by atoms with van der Waals surface area (Å²) in [5.74, 6) is 1.44. The van der Waals surface area contributed by atoms with Gasteiger partial charge in [-0.2, -0.15) is 0 Å². The third-order valence-electron chi connectivity index (χ3n) is 5.71. The van der Waals surface area contributed by atoms with Gasteiger partial charge in [0.25, 0.3) is 0 Å². The quantitative estimate of drug-likeness (QED) is 0.622. The van der Waals surface area contributed by atoms with Crippen LogP contribution < -0.4 is 20.7 Å². The SMILES string of the molecule is NC(=O)Nc1ccc(OC[C@@H](O)CN2CCN(c3ccc(C4CC4)cc3)CC2)cc1. The number of anilines is 2. The van der Waals surface area contributed by atoms with Crippen LogP contribution in [0.15, 0.2) is 48.5 Å². The molecule has 1 saturated carbocycles. The van der Waals surface area contributed by atoms with Gasteiger partial charge < -0.3 is 25.8 Å². The highest BCUT2D eigenvalue weighted by atomic mass is 16.5. The number of primary amides is 1. The van der Waals surface area contributed by atoms with Crippen molar-refractivity contribution in [2.75, 3.05) is 49.5 Å². The monoisotopic (exact) mass is 410 g/mol. The summed E-state index contributed by atoms with van der Waals surface area (Å²) in [4.78, 5) is 15.5. The molecule has 0 bridgehead atoms. The number of urea groups is 1. The van der Waals surface area contributed by atoms with Crippen LogP contribution in [0.3, 0.4) is 0 Å². The molecule has 1 atom stereocenters. The van der Waals surface area contributed by atoms with E-state index in [0.717, 1.165) is 32.1 Å². The Balaban J connectivity index is 1.17. The highest BCUT2D eigenvalue weighted by Crippen LogP contribution is 2.40. The molecule has 0 aromatic heterocycles. The van der Waals surface area contributed by atoms with Gasteiger partial charge in [-0.25, -0.2) is 4.79 Å². The van der Waals surface area contributed by atoms with Gasteiger partial charge in [0.15, 0.2) is 0 Å². The molecule has 0 spiro atoms. The van der Waals surface area contributed by atoms with Crippen LogP contribution in [0.2, 0.25) is 0 Å². The fourth-order valence-corrected chi connectivity index (χ4v) is 3.88. The summed E-state index contributed by atoms with van der Waals surface area (Å²) in [6.07, 6.45) is 2.11. The highest BCUT2D eigenvalue weighted by molar-refractivity contribution is 5.87. The third-order valence-corrected chi connectivity index (χ3v) is 5.71. The largest absolute Gasteiger partial charge is 0.491 e. The van der Waals surface area contributed by atoms with Crippen molar-refractivity contribution in [1.82, 2.24) is 4.90 Å². The second-order valence-electron chi connectivity index (χ2n) is 8.13. The Hall–Kier alpha value is -2.77. The molecule has 2 aliphatic rings. The molecule has 1 aliphatic carbocycles. The van der Waals surface area contributed by atoms with E-state index in [2.05, 4.69) is 39.4 Å². The lowest BCUT2D eigenvalue weighted by molar-refractivity contribution is 0.0663. The van der Waals surface area contributed by atoms with E-state index in [0.29, 0.717) is 18.0 Å². The topological polar surface area (TPSA) is 91.1 Å². The van der Waals surface area contributed by atoms with Crippen molar-refractivity contribution in [1.29, 1.82) is 0 Å². The molecule has 1 heterocycles. The summed E-state index contributed by atoms with van der Waals surface area (Å²) >= 11 is 0. The number of nitrogens with two attached hydrogens (primary N) is 1. The number of nitrogens with one attached hydrogen (secondary N) is 1. The predicted octanol–water partition coefficient (Wildman–Crippen LogP) is 2.62. The van der Waals surface area contributed by atoms with Crippen molar-refractivity contribution < 1.29 is 14.6 Å². The molecule has 30 heavy (non-hydrogen) atoms. The van der Waals surface area contributed by atoms with Crippen LogP contribution in [-0.4, -0.2) is 61.5 Å². The van der Waals surface area contributed by atoms with Gasteiger partial charge >= 0.3 is 6.03 Å². The number of ether oxygens (including phenoxy) is 1. The number of hydrogen-bond acceptors (Lipinski definition) is 5. The van der Waals surface area contributed by atoms with Gasteiger partial charge in [0.2, 0.25) is 0 Å². The Kier molecular flexibility index (Phi) is 6.40. The summed E-state index contributed by atoms with van der Waals surface area (Å²) in [7, 11) is 0.